The number of benzene rings is 4. The van der Waals surface area contributed by atoms with Gasteiger partial charge in [0.2, 0.25) is 0 Å². The maximum Gasteiger partial charge on any atom is 0.251 e. The lowest BCUT2D eigenvalue weighted by molar-refractivity contribution is -0.114. The zero-order chi connectivity index (χ0) is 43.2. The fraction of sp³-hybridized carbons (Fsp3) is 0.0727. The van der Waals surface area contributed by atoms with Crippen LogP contribution in [-0.4, -0.2) is 44.0 Å². The number of carbonyl (C=O) groups is 3. The maximum atomic E-state index is 13.3. The number of allylic oxidation sites excluding steroid dienone is 3. The minimum atomic E-state index is -0.361. The quantitative estimate of drug-likeness (QED) is 0.138. The molecule has 8 bridgehead atoms. The monoisotopic (exact) mass is 819 g/mol. The Morgan fingerprint density at radius 3 is 1.17 bits per heavy atom. The van der Waals surface area contributed by atoms with Gasteiger partial charge in [-0.05, 0) is 122 Å². The highest BCUT2D eigenvalue weighted by Crippen LogP contribution is 2.38. The number of nitrogens with zero attached hydrogens (tertiary/aromatic N) is 2. The Balaban J connectivity index is 1.22. The van der Waals surface area contributed by atoms with Crippen LogP contribution in [0.4, 0.5) is 0 Å². The number of carbonyl (C=O) groups excluding carboxylic acids is 3. The standard InChI is InChI=1S/C55H41N5O3/c1-32-4-10-35(11-5-32)51-42-21-23-44(57-42)52(36-12-6-33(2)7-13-36)46-25-27-48(59-46)54(38-16-18-39(19-17-38)55(63)56-31-40-30-41(61)20-29-50(40)62)49-28-26-47(60-49)53(45-24-22-43(51)58-45)37-14-8-34(3)9-15-37/h4-30,57,60H,31H2,1-3H3,(H,56,63). The molecule has 8 nitrogen and oxygen atoms in total. The summed E-state index contributed by atoms with van der Waals surface area (Å²) in [6.45, 7) is 6.21. The number of H-pyrrole nitrogens is 2. The van der Waals surface area contributed by atoms with Gasteiger partial charge in [-0.2, -0.15) is 0 Å². The zero-order valence-electron chi connectivity index (χ0n) is 34.9. The highest BCUT2D eigenvalue weighted by molar-refractivity contribution is 6.17. The molecular formula is C55H41N5O3. The van der Waals surface area contributed by atoms with E-state index in [4.69, 9.17) is 9.97 Å². The Labute approximate surface area is 364 Å². The molecule has 63 heavy (non-hydrogen) atoms. The first kappa shape index (κ1) is 38.9. The van der Waals surface area contributed by atoms with Crippen molar-refractivity contribution in [2.45, 2.75) is 20.8 Å². The number of hydrogen-bond acceptors (Lipinski definition) is 5. The van der Waals surface area contributed by atoms with Crippen molar-refractivity contribution in [2.24, 2.45) is 0 Å². The van der Waals surface area contributed by atoms with Crippen LogP contribution in [0, 0.1) is 20.8 Å². The minimum Gasteiger partial charge on any atom is -0.354 e. The van der Waals surface area contributed by atoms with E-state index in [1.807, 2.05) is 18.2 Å². The Kier molecular flexibility index (Phi) is 9.88. The molecule has 0 saturated heterocycles. The van der Waals surface area contributed by atoms with Crippen LogP contribution in [0.3, 0.4) is 0 Å². The van der Waals surface area contributed by atoms with Crippen LogP contribution in [0.2, 0.25) is 0 Å². The zero-order valence-corrected chi connectivity index (χ0v) is 34.9. The topological polar surface area (TPSA) is 121 Å². The molecule has 10 rings (SSSR count). The number of fused-ring (bicyclic) bond motifs is 8. The van der Waals surface area contributed by atoms with Crippen molar-refractivity contribution in [3.05, 3.63) is 190 Å². The predicted molar refractivity (Wildman–Crippen MR) is 254 cm³/mol. The Morgan fingerprint density at radius 2 is 0.810 bits per heavy atom. The van der Waals surface area contributed by atoms with Crippen LogP contribution >= 0.6 is 0 Å². The maximum absolute atomic E-state index is 13.3. The highest BCUT2D eigenvalue weighted by Gasteiger charge is 2.20. The van der Waals surface area contributed by atoms with E-state index in [0.29, 0.717) is 5.56 Å². The second-order valence-corrected chi connectivity index (χ2v) is 16.1. The van der Waals surface area contributed by atoms with Crippen LogP contribution in [0.25, 0.3) is 90.9 Å². The molecular weight excluding hydrogens is 779 g/mol. The molecule has 304 valence electrons. The molecule has 0 spiro atoms. The Hall–Kier alpha value is -8.23. The van der Waals surface area contributed by atoms with Crippen molar-refractivity contribution in [3.63, 3.8) is 0 Å². The first-order valence-corrected chi connectivity index (χ1v) is 20.9. The summed E-state index contributed by atoms with van der Waals surface area (Å²) in [6, 6.07) is 41.4. The summed E-state index contributed by atoms with van der Waals surface area (Å²) in [5.41, 5.74) is 18.6. The second-order valence-electron chi connectivity index (χ2n) is 16.1. The van der Waals surface area contributed by atoms with E-state index in [1.165, 1.54) is 23.8 Å². The Morgan fingerprint density at radius 1 is 0.460 bits per heavy atom. The first-order valence-electron chi connectivity index (χ1n) is 20.9. The van der Waals surface area contributed by atoms with Gasteiger partial charge in [-0.15, -0.1) is 0 Å². The second kappa shape index (κ2) is 16.0. The van der Waals surface area contributed by atoms with Gasteiger partial charge >= 0.3 is 0 Å². The van der Waals surface area contributed by atoms with Gasteiger partial charge in [-0.1, -0.05) is 102 Å². The van der Waals surface area contributed by atoms with Gasteiger partial charge in [0.15, 0.2) is 11.6 Å². The fourth-order valence-corrected chi connectivity index (χ4v) is 8.34. The third-order valence-electron chi connectivity index (χ3n) is 11.7. The first-order chi connectivity index (χ1) is 30.6. The third kappa shape index (κ3) is 7.59. The van der Waals surface area contributed by atoms with Crippen LogP contribution in [0.1, 0.15) is 49.8 Å². The molecule has 1 amide bonds. The van der Waals surface area contributed by atoms with Gasteiger partial charge in [0.1, 0.15) is 0 Å². The molecule has 3 aromatic heterocycles. The average Bonchev–Trinajstić information content (AvgIpc) is 4.14. The fourth-order valence-electron chi connectivity index (χ4n) is 8.34. The van der Waals surface area contributed by atoms with Crippen LogP contribution in [-0.2, 0) is 9.59 Å². The van der Waals surface area contributed by atoms with E-state index in [0.717, 1.165) is 100 Å². The summed E-state index contributed by atoms with van der Waals surface area (Å²) in [6.07, 6.45) is 12.0. The molecule has 0 atom stereocenters. The molecule has 4 aromatic carbocycles. The normalized spacial score (nSPS) is 13.1. The SMILES string of the molecule is Cc1ccc(-c2c3nc(c(-c4ccc(C)cc4)c4ccc([nH]4)c(-c4ccc(C(=O)NCC5=CC(=O)C=CC5=O)cc4)c4nc(c(-c5ccc(C)cc5)c5ccc2[nH]5)C=C4)C=C3)cc1. The number of rotatable bonds is 7. The third-order valence-corrected chi connectivity index (χ3v) is 11.7. The molecule has 2 aliphatic heterocycles. The van der Waals surface area contributed by atoms with Crippen LogP contribution in [0.15, 0.2) is 145 Å². The van der Waals surface area contributed by atoms with E-state index in [2.05, 4.69) is 151 Å². The molecule has 7 aromatic rings. The van der Waals surface area contributed by atoms with Crippen molar-refractivity contribution in [3.8, 4) is 44.5 Å². The van der Waals surface area contributed by atoms with E-state index >= 15 is 0 Å². The molecule has 3 aliphatic rings. The molecule has 0 fully saturated rings. The number of aromatic nitrogens is 4. The largest absolute Gasteiger partial charge is 0.354 e. The number of aryl methyl sites for hydroxylation is 3. The van der Waals surface area contributed by atoms with Crippen LogP contribution in [0.5, 0.6) is 0 Å². The number of hydrogen-bond donors (Lipinski definition) is 3. The molecule has 3 N–H and O–H groups in total. The van der Waals surface area contributed by atoms with Crippen molar-refractivity contribution < 1.29 is 14.4 Å². The summed E-state index contributed by atoms with van der Waals surface area (Å²) in [7, 11) is 0. The van der Waals surface area contributed by atoms with Crippen molar-refractivity contribution in [1.82, 2.24) is 25.3 Å². The van der Waals surface area contributed by atoms with Gasteiger partial charge in [0, 0.05) is 62.0 Å². The predicted octanol–water partition coefficient (Wildman–Crippen LogP) is 11.6. The molecule has 1 aliphatic carbocycles. The summed E-state index contributed by atoms with van der Waals surface area (Å²) >= 11 is 0. The number of ketones is 2. The molecule has 0 unspecified atom stereocenters. The van der Waals surface area contributed by atoms with E-state index in [-0.39, 0.29) is 29.6 Å². The molecule has 5 heterocycles. The number of amides is 1. The van der Waals surface area contributed by atoms with Gasteiger partial charge < -0.3 is 15.3 Å². The average molecular weight is 820 g/mol. The number of nitrogens with one attached hydrogen (secondary N) is 3. The lowest BCUT2D eigenvalue weighted by Crippen LogP contribution is -2.28. The van der Waals surface area contributed by atoms with Gasteiger partial charge in [0.25, 0.3) is 5.91 Å². The highest BCUT2D eigenvalue weighted by atomic mass is 16.2. The van der Waals surface area contributed by atoms with Crippen molar-refractivity contribution in [1.29, 1.82) is 0 Å². The summed E-state index contributed by atoms with van der Waals surface area (Å²) < 4.78 is 0. The molecule has 0 saturated carbocycles. The van der Waals surface area contributed by atoms with Crippen LogP contribution < -0.4 is 5.32 Å². The van der Waals surface area contributed by atoms with Gasteiger partial charge in [-0.25, -0.2) is 9.97 Å². The number of aromatic amines is 2. The van der Waals surface area contributed by atoms with Gasteiger partial charge in [-0.3, -0.25) is 14.4 Å². The Bertz CT molecular complexity index is 3280. The van der Waals surface area contributed by atoms with E-state index in [1.54, 1.807) is 12.1 Å². The molecule has 0 radical (unpaired) electrons. The van der Waals surface area contributed by atoms with Crippen molar-refractivity contribution in [2.75, 3.05) is 6.54 Å². The summed E-state index contributed by atoms with van der Waals surface area (Å²) in [5.74, 6) is -0.936. The minimum absolute atomic E-state index is 0.0503. The summed E-state index contributed by atoms with van der Waals surface area (Å²) in [4.78, 5) is 55.9. The lowest BCUT2D eigenvalue weighted by atomic mass is 10.0. The van der Waals surface area contributed by atoms with E-state index < -0.39 is 0 Å². The lowest BCUT2D eigenvalue weighted by Gasteiger charge is -2.10. The molecule has 8 heteroatoms. The summed E-state index contributed by atoms with van der Waals surface area (Å²) in [5, 5.41) is 2.79. The smallest absolute Gasteiger partial charge is 0.251 e. The van der Waals surface area contributed by atoms with E-state index in [9.17, 15) is 14.4 Å². The van der Waals surface area contributed by atoms with Crippen molar-refractivity contribution >= 4 is 63.8 Å². The van der Waals surface area contributed by atoms with Gasteiger partial charge in [0.05, 0.1) is 22.8 Å².